The van der Waals surface area contributed by atoms with Gasteiger partial charge in [-0.2, -0.15) is 0 Å². The molecule has 0 radical (unpaired) electrons. The van der Waals surface area contributed by atoms with Gasteiger partial charge in [0.2, 0.25) is 0 Å². The zero-order valence-electron chi connectivity index (χ0n) is 17.6. The molecule has 1 aliphatic heterocycles. The summed E-state index contributed by atoms with van der Waals surface area (Å²) in [5.74, 6) is 1.40. The van der Waals surface area contributed by atoms with Crippen molar-refractivity contribution >= 4 is 11.8 Å². The van der Waals surface area contributed by atoms with Gasteiger partial charge >= 0.3 is 0 Å². The smallest absolute Gasteiger partial charge is 0.251 e. The molecule has 0 spiro atoms. The third kappa shape index (κ3) is 5.04. The molecule has 1 saturated heterocycles. The van der Waals surface area contributed by atoms with Crippen molar-refractivity contribution in [3.63, 3.8) is 0 Å². The van der Waals surface area contributed by atoms with Crippen molar-refractivity contribution in [2.45, 2.75) is 12.1 Å². The Hall–Kier alpha value is -3.91. The highest BCUT2D eigenvalue weighted by molar-refractivity contribution is 5.95. The molecule has 32 heavy (non-hydrogen) atoms. The quantitative estimate of drug-likeness (QED) is 0.530. The summed E-state index contributed by atoms with van der Waals surface area (Å²) in [6.45, 7) is 1.15. The highest BCUT2D eigenvalue weighted by Crippen LogP contribution is 2.30. The van der Waals surface area contributed by atoms with Crippen molar-refractivity contribution in [2.75, 3.05) is 20.2 Å². The van der Waals surface area contributed by atoms with E-state index < -0.39 is 0 Å². The average molecular weight is 432 g/mol. The van der Waals surface area contributed by atoms with Gasteiger partial charge in [0.15, 0.2) is 11.5 Å². The number of carbonyl (C=O) groups excluding carboxylic acids is 2. The SMILES string of the molecule is COc1ccccc1Oc1ccc(C(=O)N[C@@H]2CNC[C@H]2NC(=O)c2ccncc2)cc1. The van der Waals surface area contributed by atoms with E-state index in [-0.39, 0.29) is 23.9 Å². The van der Waals surface area contributed by atoms with E-state index in [1.807, 2.05) is 24.3 Å². The number of methoxy groups -OCH3 is 1. The van der Waals surface area contributed by atoms with Gasteiger partial charge in [0.05, 0.1) is 19.2 Å². The van der Waals surface area contributed by atoms with E-state index in [1.165, 1.54) is 0 Å². The molecule has 3 N–H and O–H groups in total. The zero-order valence-corrected chi connectivity index (χ0v) is 17.6. The van der Waals surface area contributed by atoms with Crippen LogP contribution in [0.4, 0.5) is 0 Å². The molecule has 2 amide bonds. The molecule has 2 heterocycles. The zero-order chi connectivity index (χ0) is 22.3. The molecule has 2 aromatic carbocycles. The Morgan fingerprint density at radius 2 is 1.41 bits per heavy atom. The van der Waals surface area contributed by atoms with Gasteiger partial charge in [-0.15, -0.1) is 0 Å². The van der Waals surface area contributed by atoms with Crippen LogP contribution in [0.3, 0.4) is 0 Å². The number of benzene rings is 2. The minimum absolute atomic E-state index is 0.196. The lowest BCUT2D eigenvalue weighted by atomic mass is 10.1. The topological polar surface area (TPSA) is 102 Å². The number of amides is 2. The molecular weight excluding hydrogens is 408 g/mol. The summed E-state index contributed by atoms with van der Waals surface area (Å²) in [5.41, 5.74) is 1.03. The molecule has 8 nitrogen and oxygen atoms in total. The number of aromatic nitrogens is 1. The molecule has 1 fully saturated rings. The summed E-state index contributed by atoms with van der Waals surface area (Å²) in [5, 5.41) is 9.18. The first-order valence-electron chi connectivity index (χ1n) is 10.3. The molecule has 1 aromatic heterocycles. The fraction of sp³-hybridized carbons (Fsp3) is 0.208. The second kappa shape index (κ2) is 9.93. The Labute approximate surface area is 186 Å². The number of hydrogen-bond donors (Lipinski definition) is 3. The van der Waals surface area contributed by atoms with E-state index in [0.29, 0.717) is 41.5 Å². The molecule has 2 atom stereocenters. The highest BCUT2D eigenvalue weighted by atomic mass is 16.5. The van der Waals surface area contributed by atoms with E-state index in [9.17, 15) is 9.59 Å². The Kier molecular flexibility index (Phi) is 6.62. The number of nitrogens with zero attached hydrogens (tertiary/aromatic N) is 1. The van der Waals surface area contributed by atoms with Crippen LogP contribution in [0.5, 0.6) is 17.2 Å². The fourth-order valence-electron chi connectivity index (χ4n) is 3.49. The molecule has 3 aromatic rings. The lowest BCUT2D eigenvalue weighted by Gasteiger charge is -2.21. The molecule has 0 aliphatic carbocycles. The molecular formula is C24H24N4O4. The van der Waals surface area contributed by atoms with Crippen LogP contribution >= 0.6 is 0 Å². The molecule has 0 unspecified atom stereocenters. The third-order valence-corrected chi connectivity index (χ3v) is 5.20. The van der Waals surface area contributed by atoms with Crippen LogP contribution in [-0.2, 0) is 0 Å². The van der Waals surface area contributed by atoms with Gasteiger partial charge in [-0.05, 0) is 48.5 Å². The molecule has 4 rings (SSSR count). The lowest BCUT2D eigenvalue weighted by molar-refractivity contribution is 0.0896. The summed E-state index contributed by atoms with van der Waals surface area (Å²) < 4.78 is 11.1. The molecule has 1 aliphatic rings. The van der Waals surface area contributed by atoms with Crippen LogP contribution in [0.1, 0.15) is 20.7 Å². The summed E-state index contributed by atoms with van der Waals surface area (Å²) in [7, 11) is 1.58. The van der Waals surface area contributed by atoms with Crippen molar-refractivity contribution in [2.24, 2.45) is 0 Å². The molecule has 8 heteroatoms. The van der Waals surface area contributed by atoms with Crippen LogP contribution in [0.2, 0.25) is 0 Å². The van der Waals surface area contributed by atoms with Gasteiger partial charge in [0.1, 0.15) is 5.75 Å². The van der Waals surface area contributed by atoms with Crippen molar-refractivity contribution in [1.82, 2.24) is 20.9 Å². The second-order valence-corrected chi connectivity index (χ2v) is 7.33. The van der Waals surface area contributed by atoms with Crippen LogP contribution in [0, 0.1) is 0 Å². The maximum absolute atomic E-state index is 12.8. The number of hydrogen-bond acceptors (Lipinski definition) is 6. The van der Waals surface area contributed by atoms with Crippen LogP contribution in [0.15, 0.2) is 73.1 Å². The normalized spacial score (nSPS) is 17.4. The van der Waals surface area contributed by atoms with Gasteiger partial charge < -0.3 is 25.4 Å². The van der Waals surface area contributed by atoms with Crippen LogP contribution < -0.4 is 25.4 Å². The Morgan fingerprint density at radius 1 is 0.844 bits per heavy atom. The van der Waals surface area contributed by atoms with Crippen molar-refractivity contribution in [1.29, 1.82) is 0 Å². The predicted molar refractivity (Wildman–Crippen MR) is 119 cm³/mol. The highest BCUT2D eigenvalue weighted by Gasteiger charge is 2.30. The molecule has 164 valence electrons. The number of para-hydroxylation sites is 2. The van der Waals surface area contributed by atoms with E-state index >= 15 is 0 Å². The maximum Gasteiger partial charge on any atom is 0.251 e. The van der Waals surface area contributed by atoms with Gasteiger partial charge in [0.25, 0.3) is 11.8 Å². The minimum atomic E-state index is -0.224. The average Bonchev–Trinajstić information content (AvgIpc) is 3.26. The third-order valence-electron chi connectivity index (χ3n) is 5.20. The summed E-state index contributed by atoms with van der Waals surface area (Å²) in [6, 6.07) is 17.1. The Bertz CT molecular complexity index is 1070. The van der Waals surface area contributed by atoms with E-state index in [0.717, 1.165) is 0 Å². The van der Waals surface area contributed by atoms with Crippen molar-refractivity contribution in [3.05, 3.63) is 84.2 Å². The summed E-state index contributed by atoms with van der Waals surface area (Å²) >= 11 is 0. The fourth-order valence-corrected chi connectivity index (χ4v) is 3.49. The Balaban J connectivity index is 1.36. The standard InChI is InChI=1S/C24H24N4O4/c1-31-21-4-2-3-5-22(21)32-18-8-6-16(7-9-18)23(29)27-19-14-26-15-20(19)28-24(30)17-10-12-25-13-11-17/h2-13,19-20,26H,14-15H2,1H3,(H,27,29)(H,28,30)/t19-,20-/m1/s1. The maximum atomic E-state index is 12.8. The van der Waals surface area contributed by atoms with Gasteiger partial charge in [-0.25, -0.2) is 0 Å². The van der Waals surface area contributed by atoms with Gasteiger partial charge in [0, 0.05) is 36.6 Å². The first-order valence-corrected chi connectivity index (χ1v) is 10.3. The molecule has 0 bridgehead atoms. The largest absolute Gasteiger partial charge is 0.493 e. The number of rotatable bonds is 7. The van der Waals surface area contributed by atoms with E-state index in [1.54, 1.807) is 55.9 Å². The van der Waals surface area contributed by atoms with Gasteiger partial charge in [-0.3, -0.25) is 14.6 Å². The van der Waals surface area contributed by atoms with Crippen LogP contribution in [0.25, 0.3) is 0 Å². The number of pyridine rings is 1. The summed E-state index contributed by atoms with van der Waals surface area (Å²) in [6.07, 6.45) is 3.14. The first-order chi connectivity index (χ1) is 15.6. The second-order valence-electron chi connectivity index (χ2n) is 7.33. The van der Waals surface area contributed by atoms with E-state index in [4.69, 9.17) is 9.47 Å². The summed E-state index contributed by atoms with van der Waals surface area (Å²) in [4.78, 5) is 29.1. The number of carbonyl (C=O) groups is 2. The number of ether oxygens (including phenoxy) is 2. The predicted octanol–water partition coefficient (Wildman–Crippen LogP) is 2.38. The van der Waals surface area contributed by atoms with Crippen molar-refractivity contribution < 1.29 is 19.1 Å². The minimum Gasteiger partial charge on any atom is -0.493 e. The Morgan fingerprint density at radius 3 is 2.00 bits per heavy atom. The molecule has 0 saturated carbocycles. The number of nitrogens with one attached hydrogen (secondary N) is 3. The lowest BCUT2D eigenvalue weighted by Crippen LogP contribution is -2.51. The van der Waals surface area contributed by atoms with Gasteiger partial charge in [-0.1, -0.05) is 12.1 Å². The van der Waals surface area contributed by atoms with Crippen molar-refractivity contribution in [3.8, 4) is 17.2 Å². The van der Waals surface area contributed by atoms with Crippen LogP contribution in [-0.4, -0.2) is 49.1 Å². The monoisotopic (exact) mass is 432 g/mol. The first kappa shape index (κ1) is 21.3. The van der Waals surface area contributed by atoms with E-state index in [2.05, 4.69) is 20.9 Å².